The summed E-state index contributed by atoms with van der Waals surface area (Å²) < 4.78 is 22.8. The number of primary sulfonamides is 1. The van der Waals surface area contributed by atoms with Crippen LogP contribution in [-0.2, 0) is 10.0 Å². The minimum Gasteiger partial charge on any atom is -0.618 e. The molecule has 0 saturated heterocycles. The average Bonchev–Trinajstić information content (AvgIpc) is 2.14. The van der Waals surface area contributed by atoms with Crippen LogP contribution in [-0.4, -0.2) is 13.4 Å². The summed E-state index contributed by atoms with van der Waals surface area (Å²) in [6.07, 6.45) is 2.60. The molecule has 6 nitrogen and oxygen atoms in total. The van der Waals surface area contributed by atoms with Crippen molar-refractivity contribution in [1.82, 2.24) is 4.98 Å². The van der Waals surface area contributed by atoms with Crippen LogP contribution in [0.25, 0.3) is 5.57 Å². The van der Waals surface area contributed by atoms with Crippen LogP contribution < -0.4 is 9.87 Å². The maximum absolute atomic E-state index is 11.5. The van der Waals surface area contributed by atoms with Crippen molar-refractivity contribution >= 4 is 15.6 Å². The molecule has 88 valence electrons. The smallest absolute Gasteiger partial charge is 0.238 e. The summed E-state index contributed by atoms with van der Waals surface area (Å²) in [7, 11) is -3.78. The largest absolute Gasteiger partial charge is 0.618 e. The Kier molecular flexibility index (Phi) is 3.30. The van der Waals surface area contributed by atoms with Crippen LogP contribution in [0.3, 0.4) is 0 Å². The quantitative estimate of drug-likeness (QED) is 0.586. The Bertz CT molecular complexity index is 549. The van der Waals surface area contributed by atoms with Gasteiger partial charge in [0.25, 0.3) is 0 Å². The summed E-state index contributed by atoms with van der Waals surface area (Å²) in [5.74, 6) is 0. The van der Waals surface area contributed by atoms with Gasteiger partial charge in [0, 0.05) is 5.57 Å². The summed E-state index contributed by atoms with van der Waals surface area (Å²) in [6, 6.07) is 0. The summed E-state index contributed by atoms with van der Waals surface area (Å²) in [6.45, 7) is 4.54. The third-order valence-corrected chi connectivity index (χ3v) is 3.43. The zero-order chi connectivity index (χ0) is 12.5. The fraction of sp³-hybridized carbons (Fsp3) is 0.333. The van der Waals surface area contributed by atoms with Gasteiger partial charge in [-0.15, -0.1) is 0 Å². The summed E-state index contributed by atoms with van der Waals surface area (Å²) >= 11 is 0. The van der Waals surface area contributed by atoms with E-state index in [0.29, 0.717) is 16.0 Å². The van der Waals surface area contributed by atoms with Gasteiger partial charge in [-0.25, -0.2) is 18.5 Å². The van der Waals surface area contributed by atoms with Crippen LogP contribution in [0.2, 0.25) is 0 Å². The molecule has 0 spiro atoms. The summed E-state index contributed by atoms with van der Waals surface area (Å²) in [5.41, 5.74) is 1.03. The predicted molar refractivity (Wildman–Crippen MR) is 59.3 cm³/mol. The molecule has 7 heteroatoms. The van der Waals surface area contributed by atoms with Crippen LogP contribution in [0.1, 0.15) is 25.2 Å². The van der Waals surface area contributed by atoms with E-state index >= 15 is 0 Å². The lowest BCUT2D eigenvalue weighted by Gasteiger charge is -2.07. The molecular weight excluding hydrogens is 230 g/mol. The topological polar surface area (TPSA) is 100.0 Å². The molecule has 0 aliphatic heterocycles. The molecule has 16 heavy (non-hydrogen) atoms. The molecule has 0 radical (unpaired) electrons. The number of nitrogens with two attached hydrogens (primary N) is 1. The summed E-state index contributed by atoms with van der Waals surface area (Å²) in [4.78, 5) is 3.90. The molecule has 0 amide bonds. The highest BCUT2D eigenvalue weighted by molar-refractivity contribution is 7.93. The van der Waals surface area contributed by atoms with Gasteiger partial charge < -0.3 is 5.21 Å². The highest BCUT2D eigenvalue weighted by atomic mass is 32.2. The lowest BCUT2D eigenvalue weighted by molar-refractivity contribution is -0.609. The van der Waals surface area contributed by atoms with Gasteiger partial charge in [-0.2, -0.15) is 4.73 Å². The predicted octanol–water partition coefficient (Wildman–Crippen LogP) is 0.0628. The summed E-state index contributed by atoms with van der Waals surface area (Å²) in [5, 5.41) is 16.5. The number of aryl methyl sites for hydroxylation is 1. The number of sulfonamides is 1. The molecule has 0 aliphatic carbocycles. The maximum atomic E-state index is 11.5. The van der Waals surface area contributed by atoms with Gasteiger partial charge in [0.1, 0.15) is 11.9 Å². The second-order valence-electron chi connectivity index (χ2n) is 3.47. The molecule has 2 N–H and O–H groups in total. The van der Waals surface area contributed by atoms with E-state index < -0.39 is 10.0 Å². The minimum absolute atomic E-state index is 0.0391. The number of allylic oxidation sites excluding steroid dienone is 2. The van der Waals surface area contributed by atoms with Crippen molar-refractivity contribution in [3.8, 4) is 0 Å². The van der Waals surface area contributed by atoms with Crippen molar-refractivity contribution in [1.29, 1.82) is 0 Å². The van der Waals surface area contributed by atoms with Crippen LogP contribution in [0, 0.1) is 12.1 Å². The van der Waals surface area contributed by atoms with Crippen molar-refractivity contribution < 1.29 is 13.1 Å². The molecule has 0 fully saturated rings. The van der Waals surface area contributed by atoms with Gasteiger partial charge in [0.05, 0.1) is 4.91 Å². The molecule has 0 saturated carbocycles. The van der Waals surface area contributed by atoms with E-state index in [0.717, 1.165) is 0 Å². The van der Waals surface area contributed by atoms with Gasteiger partial charge in [0.2, 0.25) is 21.9 Å². The SMILES string of the molecule is C/C(=C(/C)S(N)(=O)=O)c1cnc(C)c[n+]1[O-]. The molecule has 0 aromatic carbocycles. The molecule has 0 atom stereocenters. The van der Waals surface area contributed by atoms with Gasteiger partial charge in [-0.05, 0) is 20.8 Å². The van der Waals surface area contributed by atoms with E-state index in [9.17, 15) is 13.6 Å². The third-order valence-electron chi connectivity index (χ3n) is 2.27. The van der Waals surface area contributed by atoms with Crippen LogP contribution in [0.15, 0.2) is 17.3 Å². The Balaban J connectivity index is 3.41. The second kappa shape index (κ2) is 4.18. The van der Waals surface area contributed by atoms with Crippen LogP contribution in [0.5, 0.6) is 0 Å². The molecule has 0 unspecified atom stereocenters. The van der Waals surface area contributed by atoms with Crippen molar-refractivity contribution in [3.05, 3.63) is 33.9 Å². The van der Waals surface area contributed by atoms with E-state index in [2.05, 4.69) is 4.98 Å². The molecular formula is C9H13N3O3S. The Morgan fingerprint density at radius 3 is 2.50 bits per heavy atom. The number of hydrogen-bond donors (Lipinski definition) is 1. The van der Waals surface area contributed by atoms with Crippen molar-refractivity contribution in [2.75, 3.05) is 0 Å². The monoisotopic (exact) mass is 243 g/mol. The van der Waals surface area contributed by atoms with Gasteiger partial charge in [0.15, 0.2) is 0 Å². The molecule has 1 rings (SSSR count). The lowest BCUT2D eigenvalue weighted by atomic mass is 10.2. The van der Waals surface area contributed by atoms with Crippen LogP contribution in [0.4, 0.5) is 0 Å². The van der Waals surface area contributed by atoms with Crippen molar-refractivity contribution in [2.24, 2.45) is 5.14 Å². The first-order chi connectivity index (χ1) is 7.23. The first-order valence-electron chi connectivity index (χ1n) is 4.50. The number of hydrogen-bond acceptors (Lipinski definition) is 4. The van der Waals surface area contributed by atoms with Crippen molar-refractivity contribution in [3.63, 3.8) is 0 Å². The van der Waals surface area contributed by atoms with Gasteiger partial charge in [-0.3, -0.25) is 0 Å². The average molecular weight is 243 g/mol. The van der Waals surface area contributed by atoms with Gasteiger partial charge in [-0.1, -0.05) is 0 Å². The van der Waals surface area contributed by atoms with E-state index in [1.807, 2.05) is 0 Å². The zero-order valence-corrected chi connectivity index (χ0v) is 10.1. The van der Waals surface area contributed by atoms with E-state index in [4.69, 9.17) is 5.14 Å². The normalized spacial score (nSPS) is 13.5. The highest BCUT2D eigenvalue weighted by Gasteiger charge is 2.17. The van der Waals surface area contributed by atoms with Crippen LogP contribution >= 0.6 is 0 Å². The third kappa shape index (κ3) is 2.56. The standard InChI is InChI=1S/C9H13N3O3S/c1-6-5-12(13)9(4-11-6)7(2)8(3)16(10,14)15/h4-5H,1-3H3,(H2,10,14,15)/b8-7+. The number of rotatable bonds is 2. The Labute approximate surface area is 94.1 Å². The van der Waals surface area contributed by atoms with Gasteiger partial charge >= 0.3 is 0 Å². The van der Waals surface area contributed by atoms with E-state index in [-0.39, 0.29) is 10.6 Å². The number of aromatic nitrogens is 2. The molecule has 1 heterocycles. The van der Waals surface area contributed by atoms with E-state index in [1.165, 1.54) is 26.2 Å². The Hall–Kier alpha value is -1.47. The highest BCUT2D eigenvalue weighted by Crippen LogP contribution is 2.16. The zero-order valence-electron chi connectivity index (χ0n) is 9.26. The lowest BCUT2D eigenvalue weighted by Crippen LogP contribution is -2.32. The minimum atomic E-state index is -3.78. The molecule has 0 aliphatic rings. The first-order valence-corrected chi connectivity index (χ1v) is 6.04. The molecule has 0 bridgehead atoms. The fourth-order valence-electron chi connectivity index (χ4n) is 1.15. The Morgan fingerprint density at radius 1 is 1.50 bits per heavy atom. The fourth-order valence-corrected chi connectivity index (χ4v) is 1.68. The molecule has 1 aromatic heterocycles. The van der Waals surface area contributed by atoms with E-state index in [1.54, 1.807) is 6.92 Å². The molecule has 1 aromatic rings. The number of nitrogens with zero attached hydrogens (tertiary/aromatic N) is 2. The maximum Gasteiger partial charge on any atom is 0.238 e. The second-order valence-corrected chi connectivity index (χ2v) is 5.17. The first kappa shape index (κ1) is 12.6. The van der Waals surface area contributed by atoms with Crippen molar-refractivity contribution in [2.45, 2.75) is 20.8 Å². The Morgan fingerprint density at radius 2 is 2.06 bits per heavy atom.